The average molecular weight is 349 g/mol. The maximum absolute atomic E-state index is 13.2. The van der Waals surface area contributed by atoms with Crippen molar-refractivity contribution in [2.75, 3.05) is 0 Å². The Balaban J connectivity index is 2.04. The van der Waals surface area contributed by atoms with Gasteiger partial charge in [0.05, 0.1) is 23.5 Å². The van der Waals surface area contributed by atoms with E-state index < -0.39 is 0 Å². The standard InChI is InChI=1S/C23H15N3O/c24-14-18-9-4-5-11-21(18)22-13-19(17-7-2-1-3-8-17)16-26(23(22)27)20-10-6-12-25-15-20/h1-13,15-16H. The van der Waals surface area contributed by atoms with E-state index in [-0.39, 0.29) is 5.56 Å². The van der Waals surface area contributed by atoms with Gasteiger partial charge in [0.1, 0.15) is 0 Å². The van der Waals surface area contributed by atoms with Crippen LogP contribution in [0.25, 0.3) is 27.9 Å². The zero-order valence-corrected chi connectivity index (χ0v) is 14.4. The highest BCUT2D eigenvalue weighted by atomic mass is 16.1. The van der Waals surface area contributed by atoms with Gasteiger partial charge in [0.15, 0.2) is 0 Å². The van der Waals surface area contributed by atoms with Crippen LogP contribution < -0.4 is 5.56 Å². The van der Waals surface area contributed by atoms with Crippen LogP contribution in [-0.2, 0) is 0 Å². The summed E-state index contributed by atoms with van der Waals surface area (Å²) in [6.07, 6.45) is 5.13. The number of hydrogen-bond acceptors (Lipinski definition) is 3. The van der Waals surface area contributed by atoms with Gasteiger partial charge < -0.3 is 0 Å². The Morgan fingerprint density at radius 1 is 0.852 bits per heavy atom. The van der Waals surface area contributed by atoms with Crippen molar-refractivity contribution in [2.24, 2.45) is 0 Å². The molecule has 0 aliphatic heterocycles. The maximum atomic E-state index is 13.2. The van der Waals surface area contributed by atoms with E-state index in [4.69, 9.17) is 0 Å². The van der Waals surface area contributed by atoms with Gasteiger partial charge in [-0.2, -0.15) is 5.26 Å². The molecule has 0 radical (unpaired) electrons. The molecule has 2 aromatic heterocycles. The van der Waals surface area contributed by atoms with Crippen molar-refractivity contribution in [3.05, 3.63) is 107 Å². The molecule has 0 saturated heterocycles. The number of nitrogens with zero attached hydrogens (tertiary/aromatic N) is 3. The normalized spacial score (nSPS) is 10.3. The van der Waals surface area contributed by atoms with E-state index in [1.54, 1.807) is 41.2 Å². The van der Waals surface area contributed by atoms with Crippen LogP contribution in [0.2, 0.25) is 0 Å². The summed E-state index contributed by atoms with van der Waals surface area (Å²) in [7, 11) is 0. The highest BCUT2D eigenvalue weighted by Gasteiger charge is 2.14. The molecule has 0 unspecified atom stereocenters. The summed E-state index contributed by atoms with van der Waals surface area (Å²) < 4.78 is 1.58. The number of nitriles is 1. The number of rotatable bonds is 3. The molecule has 2 heterocycles. The Morgan fingerprint density at radius 3 is 2.37 bits per heavy atom. The maximum Gasteiger partial charge on any atom is 0.263 e. The number of aromatic nitrogens is 2. The second-order valence-corrected chi connectivity index (χ2v) is 6.05. The number of benzene rings is 2. The highest BCUT2D eigenvalue weighted by Crippen LogP contribution is 2.26. The molecule has 0 spiro atoms. The van der Waals surface area contributed by atoms with Crippen LogP contribution in [0.15, 0.2) is 96.2 Å². The lowest BCUT2D eigenvalue weighted by molar-refractivity contribution is 0.983. The third-order valence-electron chi connectivity index (χ3n) is 4.39. The highest BCUT2D eigenvalue weighted by molar-refractivity contribution is 5.75. The third kappa shape index (κ3) is 3.14. The monoisotopic (exact) mass is 349 g/mol. The Hall–Kier alpha value is -3.97. The van der Waals surface area contributed by atoms with Gasteiger partial charge in [-0.1, -0.05) is 48.5 Å². The molecule has 0 aliphatic rings. The lowest BCUT2D eigenvalue weighted by Crippen LogP contribution is -2.20. The van der Waals surface area contributed by atoms with Crippen molar-refractivity contribution in [3.8, 4) is 34.0 Å². The molecule has 0 N–H and O–H groups in total. The Kier molecular flexibility index (Phi) is 4.34. The lowest BCUT2D eigenvalue weighted by Gasteiger charge is -2.13. The van der Waals surface area contributed by atoms with E-state index in [0.717, 1.165) is 11.1 Å². The zero-order chi connectivity index (χ0) is 18.6. The lowest BCUT2D eigenvalue weighted by atomic mass is 9.98. The third-order valence-corrected chi connectivity index (χ3v) is 4.39. The molecule has 4 heteroatoms. The Morgan fingerprint density at radius 2 is 1.63 bits per heavy atom. The average Bonchev–Trinajstić information content (AvgIpc) is 2.75. The summed E-state index contributed by atoms with van der Waals surface area (Å²) in [6.45, 7) is 0. The summed E-state index contributed by atoms with van der Waals surface area (Å²) in [4.78, 5) is 17.4. The molecule has 0 amide bonds. The summed E-state index contributed by atoms with van der Waals surface area (Å²) in [5.74, 6) is 0. The molecule has 0 aliphatic carbocycles. The summed E-state index contributed by atoms with van der Waals surface area (Å²) in [5.41, 5.74) is 3.95. The molecule has 27 heavy (non-hydrogen) atoms. The molecule has 2 aromatic carbocycles. The van der Waals surface area contributed by atoms with Gasteiger partial charge in [-0.25, -0.2) is 0 Å². The molecule has 4 aromatic rings. The molecular formula is C23H15N3O. The van der Waals surface area contributed by atoms with Gasteiger partial charge in [-0.3, -0.25) is 14.3 Å². The first-order chi connectivity index (χ1) is 13.3. The largest absolute Gasteiger partial charge is 0.282 e. The van der Waals surface area contributed by atoms with Crippen LogP contribution in [0.4, 0.5) is 0 Å². The van der Waals surface area contributed by atoms with E-state index in [1.165, 1.54) is 0 Å². The van der Waals surface area contributed by atoms with Crippen LogP contribution in [0.1, 0.15) is 5.56 Å². The smallest absolute Gasteiger partial charge is 0.263 e. The molecule has 0 bridgehead atoms. The topological polar surface area (TPSA) is 58.7 Å². The second-order valence-electron chi connectivity index (χ2n) is 6.05. The van der Waals surface area contributed by atoms with Crippen LogP contribution in [0.3, 0.4) is 0 Å². The minimum Gasteiger partial charge on any atom is -0.282 e. The van der Waals surface area contributed by atoms with Crippen LogP contribution >= 0.6 is 0 Å². The summed E-state index contributed by atoms with van der Waals surface area (Å²) in [5, 5.41) is 9.47. The van der Waals surface area contributed by atoms with Crippen LogP contribution in [-0.4, -0.2) is 9.55 Å². The zero-order valence-electron chi connectivity index (χ0n) is 14.4. The van der Waals surface area contributed by atoms with Gasteiger partial charge >= 0.3 is 0 Å². The Bertz CT molecular complexity index is 1190. The van der Waals surface area contributed by atoms with Crippen molar-refractivity contribution in [1.82, 2.24) is 9.55 Å². The van der Waals surface area contributed by atoms with Gasteiger partial charge in [-0.05, 0) is 35.4 Å². The fourth-order valence-corrected chi connectivity index (χ4v) is 3.07. The van der Waals surface area contributed by atoms with Gasteiger partial charge in [-0.15, -0.1) is 0 Å². The minimum absolute atomic E-state index is 0.189. The Labute approximate surface area is 156 Å². The van der Waals surface area contributed by atoms with Crippen molar-refractivity contribution in [3.63, 3.8) is 0 Å². The summed E-state index contributed by atoms with van der Waals surface area (Å²) in [6, 6.07) is 24.7. The van der Waals surface area contributed by atoms with Crippen molar-refractivity contribution in [1.29, 1.82) is 5.26 Å². The predicted molar refractivity (Wildman–Crippen MR) is 105 cm³/mol. The molecule has 4 rings (SSSR count). The quantitative estimate of drug-likeness (QED) is 0.549. The van der Waals surface area contributed by atoms with E-state index >= 15 is 0 Å². The minimum atomic E-state index is -0.189. The van der Waals surface area contributed by atoms with E-state index in [9.17, 15) is 10.1 Å². The van der Waals surface area contributed by atoms with E-state index in [2.05, 4.69) is 11.1 Å². The first kappa shape index (κ1) is 16.5. The molecule has 128 valence electrons. The second kappa shape index (κ2) is 7.11. The van der Waals surface area contributed by atoms with E-state index in [0.29, 0.717) is 22.4 Å². The number of pyridine rings is 2. The fourth-order valence-electron chi connectivity index (χ4n) is 3.07. The van der Waals surface area contributed by atoms with E-state index in [1.807, 2.05) is 54.7 Å². The summed E-state index contributed by atoms with van der Waals surface area (Å²) >= 11 is 0. The van der Waals surface area contributed by atoms with Crippen molar-refractivity contribution >= 4 is 0 Å². The van der Waals surface area contributed by atoms with Gasteiger partial charge in [0.25, 0.3) is 5.56 Å². The first-order valence-electron chi connectivity index (χ1n) is 8.50. The van der Waals surface area contributed by atoms with Gasteiger partial charge in [0, 0.05) is 23.5 Å². The van der Waals surface area contributed by atoms with Crippen LogP contribution in [0, 0.1) is 11.3 Å². The molecular weight excluding hydrogens is 334 g/mol. The first-order valence-corrected chi connectivity index (χ1v) is 8.50. The molecule has 0 fully saturated rings. The molecule has 0 saturated carbocycles. The van der Waals surface area contributed by atoms with Crippen molar-refractivity contribution in [2.45, 2.75) is 0 Å². The molecule has 0 atom stereocenters. The SMILES string of the molecule is N#Cc1ccccc1-c1cc(-c2ccccc2)cn(-c2cccnc2)c1=O. The van der Waals surface area contributed by atoms with Crippen LogP contribution in [0.5, 0.6) is 0 Å². The molecule has 4 nitrogen and oxygen atoms in total. The van der Waals surface area contributed by atoms with Gasteiger partial charge in [0.2, 0.25) is 0 Å². The predicted octanol–water partition coefficient (Wildman–Crippen LogP) is 4.44. The number of hydrogen-bond donors (Lipinski definition) is 0. The van der Waals surface area contributed by atoms with Crippen molar-refractivity contribution < 1.29 is 0 Å². The fraction of sp³-hybridized carbons (Fsp3) is 0.